The molecule has 1 radical (unpaired) electrons. The highest BCUT2D eigenvalue weighted by Crippen LogP contribution is 2.14. The summed E-state index contributed by atoms with van der Waals surface area (Å²) >= 11 is 5.56. The molecule has 9 heavy (non-hydrogen) atoms. The second kappa shape index (κ2) is 2.83. The van der Waals surface area contributed by atoms with Crippen LogP contribution in [0.3, 0.4) is 0 Å². The quantitative estimate of drug-likeness (QED) is 0.567. The molecule has 0 aliphatic rings. The van der Waals surface area contributed by atoms with Crippen LogP contribution in [-0.2, 0) is 6.67 Å². The molecule has 0 aliphatic carbocycles. The van der Waals surface area contributed by atoms with E-state index in [4.69, 9.17) is 11.6 Å². The minimum Gasteiger partial charge on any atom is -0.246 e. The Bertz CT molecular complexity index is 198. The van der Waals surface area contributed by atoms with Crippen LogP contribution in [0.25, 0.3) is 0 Å². The van der Waals surface area contributed by atoms with Crippen molar-refractivity contribution in [3.8, 4) is 0 Å². The van der Waals surface area contributed by atoms with E-state index in [0.717, 1.165) is 0 Å². The van der Waals surface area contributed by atoms with Gasteiger partial charge in [-0.1, -0.05) is 17.7 Å². The van der Waals surface area contributed by atoms with E-state index in [9.17, 15) is 4.39 Å². The van der Waals surface area contributed by atoms with Gasteiger partial charge in [-0.3, -0.25) is 0 Å². The third-order valence-electron chi connectivity index (χ3n) is 1.03. The molecule has 0 heterocycles. The highest BCUT2D eigenvalue weighted by molar-refractivity contribution is 6.31. The molecule has 1 rings (SSSR count). The lowest BCUT2D eigenvalue weighted by Crippen LogP contribution is -1.77. The summed E-state index contributed by atoms with van der Waals surface area (Å²) in [6.45, 7) is -0.518. The van der Waals surface area contributed by atoms with E-state index in [-0.39, 0.29) is 0 Å². The van der Waals surface area contributed by atoms with Crippen LogP contribution in [0.5, 0.6) is 0 Å². The number of benzene rings is 1. The Morgan fingerprint density at radius 2 is 2.44 bits per heavy atom. The zero-order valence-corrected chi connectivity index (χ0v) is 5.45. The van der Waals surface area contributed by atoms with Gasteiger partial charge in [0, 0.05) is 10.6 Å². The van der Waals surface area contributed by atoms with Gasteiger partial charge in [-0.15, -0.1) is 0 Å². The third-order valence-corrected chi connectivity index (χ3v) is 1.40. The van der Waals surface area contributed by atoms with Gasteiger partial charge in [-0.2, -0.15) is 0 Å². The number of alkyl halides is 1. The molecule has 1 aromatic rings. The van der Waals surface area contributed by atoms with Crippen molar-refractivity contribution in [3.05, 3.63) is 34.9 Å². The molecular formula is C7H5ClF. The van der Waals surface area contributed by atoms with E-state index in [1.165, 1.54) is 0 Å². The highest BCUT2D eigenvalue weighted by atomic mass is 35.5. The molecule has 1 aromatic carbocycles. The van der Waals surface area contributed by atoms with Gasteiger partial charge in [0.15, 0.2) is 0 Å². The third kappa shape index (κ3) is 1.42. The van der Waals surface area contributed by atoms with E-state index in [1.807, 2.05) is 0 Å². The molecule has 0 atom stereocenters. The van der Waals surface area contributed by atoms with Gasteiger partial charge in [-0.25, -0.2) is 4.39 Å². The Hall–Kier alpha value is -0.560. The standard InChI is InChI=1S/C7H5ClF/c8-7-4-2-1-3-6(7)5-9/h2-4H,5H2. The summed E-state index contributed by atoms with van der Waals surface area (Å²) in [6.07, 6.45) is 0. The van der Waals surface area contributed by atoms with Gasteiger partial charge < -0.3 is 0 Å². The van der Waals surface area contributed by atoms with Gasteiger partial charge >= 0.3 is 0 Å². The first-order chi connectivity index (χ1) is 4.34. The van der Waals surface area contributed by atoms with E-state index in [2.05, 4.69) is 6.07 Å². The van der Waals surface area contributed by atoms with Crippen LogP contribution in [0.1, 0.15) is 5.56 Å². The first kappa shape index (κ1) is 6.56. The largest absolute Gasteiger partial charge is 0.246 e. The smallest absolute Gasteiger partial charge is 0.116 e. The van der Waals surface area contributed by atoms with E-state index >= 15 is 0 Å². The first-order valence-corrected chi connectivity index (χ1v) is 2.93. The van der Waals surface area contributed by atoms with Crippen molar-refractivity contribution < 1.29 is 4.39 Å². The molecule has 47 valence electrons. The number of hydrogen-bond acceptors (Lipinski definition) is 0. The molecule has 0 aliphatic heterocycles. The summed E-state index contributed by atoms with van der Waals surface area (Å²) < 4.78 is 11.9. The predicted molar refractivity (Wildman–Crippen MR) is 35.1 cm³/mol. The average molecular weight is 144 g/mol. The van der Waals surface area contributed by atoms with Gasteiger partial charge in [0.2, 0.25) is 0 Å². The molecule has 0 saturated carbocycles. The van der Waals surface area contributed by atoms with Crippen molar-refractivity contribution in [2.45, 2.75) is 6.67 Å². The lowest BCUT2D eigenvalue weighted by Gasteiger charge is -1.93. The topological polar surface area (TPSA) is 0 Å². The monoisotopic (exact) mass is 143 g/mol. The van der Waals surface area contributed by atoms with E-state index in [1.54, 1.807) is 18.2 Å². The Morgan fingerprint density at radius 1 is 1.67 bits per heavy atom. The summed E-state index contributed by atoms with van der Waals surface area (Å²) in [5.41, 5.74) is 0.499. The Kier molecular flexibility index (Phi) is 2.06. The molecule has 0 nitrogen and oxygen atoms in total. The molecule has 0 saturated heterocycles. The van der Waals surface area contributed by atoms with E-state index < -0.39 is 6.67 Å². The zero-order chi connectivity index (χ0) is 6.69. The number of hydrogen-bond donors (Lipinski definition) is 0. The summed E-state index contributed by atoms with van der Waals surface area (Å²) in [4.78, 5) is 0. The lowest BCUT2D eigenvalue weighted by atomic mass is 10.2. The molecule has 0 aromatic heterocycles. The maximum Gasteiger partial charge on any atom is 0.116 e. The summed E-state index contributed by atoms with van der Waals surface area (Å²) in [5.74, 6) is 0. The zero-order valence-electron chi connectivity index (χ0n) is 4.70. The minimum absolute atomic E-state index is 0.469. The lowest BCUT2D eigenvalue weighted by molar-refractivity contribution is 0.485. The van der Waals surface area contributed by atoms with E-state index in [0.29, 0.717) is 10.6 Å². The average Bonchev–Trinajstić information content (AvgIpc) is 1.89. The van der Waals surface area contributed by atoms with Crippen molar-refractivity contribution in [1.82, 2.24) is 0 Å². The molecule has 0 N–H and O–H groups in total. The van der Waals surface area contributed by atoms with Crippen LogP contribution in [-0.4, -0.2) is 0 Å². The van der Waals surface area contributed by atoms with Gasteiger partial charge in [0.25, 0.3) is 0 Å². The second-order valence-corrected chi connectivity index (χ2v) is 2.06. The van der Waals surface area contributed by atoms with Crippen molar-refractivity contribution >= 4 is 11.6 Å². The molecule has 2 heteroatoms. The molecule has 0 spiro atoms. The second-order valence-electron chi connectivity index (χ2n) is 1.65. The van der Waals surface area contributed by atoms with Crippen LogP contribution in [0.15, 0.2) is 18.2 Å². The van der Waals surface area contributed by atoms with Gasteiger partial charge in [0.05, 0.1) is 0 Å². The summed E-state index contributed by atoms with van der Waals surface area (Å²) in [6, 6.07) is 7.55. The Balaban J connectivity index is 3.01. The normalized spacial score (nSPS) is 9.56. The fourth-order valence-electron chi connectivity index (χ4n) is 0.548. The Labute approximate surface area is 58.3 Å². The summed E-state index contributed by atoms with van der Waals surface area (Å²) in [7, 11) is 0. The molecule has 0 unspecified atom stereocenters. The van der Waals surface area contributed by atoms with Crippen LogP contribution in [0.4, 0.5) is 4.39 Å². The summed E-state index contributed by atoms with van der Waals surface area (Å²) in [5, 5.41) is 0.469. The SMILES string of the molecule is FCc1c[c]ccc1Cl. The van der Waals surface area contributed by atoms with Crippen LogP contribution in [0.2, 0.25) is 5.02 Å². The Morgan fingerprint density at radius 3 is 2.89 bits per heavy atom. The molecule has 0 amide bonds. The van der Waals surface area contributed by atoms with Crippen LogP contribution < -0.4 is 0 Å². The fraction of sp³-hybridized carbons (Fsp3) is 0.143. The maximum atomic E-state index is 11.9. The van der Waals surface area contributed by atoms with Crippen molar-refractivity contribution in [3.63, 3.8) is 0 Å². The molecule has 0 fully saturated rings. The predicted octanol–water partition coefficient (Wildman–Crippen LogP) is 2.61. The van der Waals surface area contributed by atoms with Gasteiger partial charge in [-0.05, 0) is 18.2 Å². The number of rotatable bonds is 1. The van der Waals surface area contributed by atoms with Crippen molar-refractivity contribution in [1.29, 1.82) is 0 Å². The first-order valence-electron chi connectivity index (χ1n) is 2.55. The van der Waals surface area contributed by atoms with Crippen LogP contribution in [0, 0.1) is 6.07 Å². The highest BCUT2D eigenvalue weighted by Gasteiger charge is 1.94. The van der Waals surface area contributed by atoms with Crippen molar-refractivity contribution in [2.24, 2.45) is 0 Å². The fourth-order valence-corrected chi connectivity index (χ4v) is 0.716. The van der Waals surface area contributed by atoms with Gasteiger partial charge in [0.1, 0.15) is 6.67 Å². The minimum atomic E-state index is -0.518. The maximum absolute atomic E-state index is 11.9. The van der Waals surface area contributed by atoms with Crippen LogP contribution >= 0.6 is 11.6 Å². The number of halogens is 2. The molecular weight excluding hydrogens is 139 g/mol. The molecule has 0 bridgehead atoms. The van der Waals surface area contributed by atoms with Crippen molar-refractivity contribution in [2.75, 3.05) is 0 Å².